The lowest BCUT2D eigenvalue weighted by Gasteiger charge is -2.15. The lowest BCUT2D eigenvalue weighted by Crippen LogP contribution is -2.21. The summed E-state index contributed by atoms with van der Waals surface area (Å²) in [6.45, 7) is 3.95. The second-order valence-corrected chi connectivity index (χ2v) is 3.01. The second-order valence-electron chi connectivity index (χ2n) is 2.26. The van der Waals surface area contributed by atoms with E-state index in [0.29, 0.717) is 0 Å². The number of alkyl halides is 1. The zero-order valence-electron chi connectivity index (χ0n) is 5.98. The van der Waals surface area contributed by atoms with Gasteiger partial charge in [-0.3, -0.25) is 0 Å². The highest BCUT2D eigenvalue weighted by Gasteiger charge is 2.21. The molecule has 0 rings (SSSR count). The predicted molar refractivity (Wildman–Crippen MR) is 39.8 cm³/mol. The Morgan fingerprint density at radius 2 is 2.11 bits per heavy atom. The smallest absolute Gasteiger partial charge is 0.140 e. The maximum Gasteiger partial charge on any atom is 0.140 e. The normalized spacial score (nSPS) is 16.8. The molecular weight excluding hydrogens is 136 g/mol. The van der Waals surface area contributed by atoms with Crippen molar-refractivity contribution in [3.8, 4) is 0 Å². The van der Waals surface area contributed by atoms with Gasteiger partial charge >= 0.3 is 0 Å². The highest BCUT2D eigenvalue weighted by molar-refractivity contribution is 6.31. The molecule has 0 saturated carbocycles. The van der Waals surface area contributed by atoms with E-state index in [4.69, 9.17) is 11.6 Å². The van der Waals surface area contributed by atoms with Gasteiger partial charge in [0.25, 0.3) is 0 Å². The van der Waals surface area contributed by atoms with Gasteiger partial charge in [0.15, 0.2) is 0 Å². The van der Waals surface area contributed by atoms with E-state index in [-0.39, 0.29) is 0 Å². The van der Waals surface area contributed by atoms with Gasteiger partial charge in [0.1, 0.15) is 6.29 Å². The van der Waals surface area contributed by atoms with E-state index in [2.05, 4.69) is 0 Å². The quantitative estimate of drug-likeness (QED) is 0.442. The van der Waals surface area contributed by atoms with Crippen LogP contribution >= 0.6 is 11.6 Å². The molecule has 54 valence electrons. The van der Waals surface area contributed by atoms with E-state index in [1.54, 1.807) is 0 Å². The fraction of sp³-hybridized carbons (Fsp3) is 0.857. The van der Waals surface area contributed by atoms with Crippen LogP contribution in [-0.2, 0) is 4.79 Å². The first-order valence-electron chi connectivity index (χ1n) is 3.33. The highest BCUT2D eigenvalue weighted by Crippen LogP contribution is 2.22. The topological polar surface area (TPSA) is 17.1 Å². The number of carbonyl (C=O) groups is 1. The van der Waals surface area contributed by atoms with Crippen molar-refractivity contribution in [2.45, 2.75) is 38.0 Å². The average Bonchev–Trinajstić information content (AvgIpc) is 1.89. The predicted octanol–water partition coefficient (Wildman–Crippen LogP) is 2.37. The van der Waals surface area contributed by atoms with E-state index >= 15 is 0 Å². The summed E-state index contributed by atoms with van der Waals surface area (Å²) in [6.07, 6.45) is 3.33. The fourth-order valence-electron chi connectivity index (χ4n) is 0.735. The molecule has 0 spiro atoms. The molecule has 0 heterocycles. The first kappa shape index (κ1) is 8.96. The van der Waals surface area contributed by atoms with Crippen LogP contribution < -0.4 is 0 Å². The molecule has 0 saturated heterocycles. The monoisotopic (exact) mass is 148 g/mol. The SMILES string of the molecule is CCCC(Cl)(C=O)CC. The van der Waals surface area contributed by atoms with Crippen LogP contribution in [-0.4, -0.2) is 11.2 Å². The number of carbonyl (C=O) groups excluding carboxylic acids is 1. The van der Waals surface area contributed by atoms with Crippen molar-refractivity contribution in [1.82, 2.24) is 0 Å². The number of hydrogen-bond donors (Lipinski definition) is 0. The second kappa shape index (κ2) is 3.89. The van der Waals surface area contributed by atoms with Crippen molar-refractivity contribution in [2.75, 3.05) is 0 Å². The Kier molecular flexibility index (Phi) is 3.87. The molecule has 0 bridgehead atoms. The zero-order valence-corrected chi connectivity index (χ0v) is 6.74. The zero-order chi connectivity index (χ0) is 7.33. The lowest BCUT2D eigenvalue weighted by molar-refractivity contribution is -0.110. The molecule has 0 aliphatic carbocycles. The van der Waals surface area contributed by atoms with Crippen LogP contribution in [0, 0.1) is 0 Å². The third-order valence-corrected chi connectivity index (χ3v) is 2.01. The van der Waals surface area contributed by atoms with Crippen LogP contribution in [0.4, 0.5) is 0 Å². The minimum Gasteiger partial charge on any atom is -0.301 e. The summed E-state index contributed by atoms with van der Waals surface area (Å²) in [5.74, 6) is 0. The summed E-state index contributed by atoms with van der Waals surface area (Å²) in [5.41, 5.74) is 0. The first-order valence-corrected chi connectivity index (χ1v) is 3.71. The van der Waals surface area contributed by atoms with Crippen molar-refractivity contribution < 1.29 is 4.79 Å². The molecule has 0 fully saturated rings. The van der Waals surface area contributed by atoms with Gasteiger partial charge in [-0.2, -0.15) is 0 Å². The summed E-state index contributed by atoms with van der Waals surface area (Å²) < 4.78 is 0. The average molecular weight is 149 g/mol. The molecule has 1 unspecified atom stereocenters. The van der Waals surface area contributed by atoms with E-state index in [1.165, 1.54) is 0 Å². The largest absolute Gasteiger partial charge is 0.301 e. The molecular formula is C7H13ClO. The first-order chi connectivity index (χ1) is 4.18. The molecule has 1 atom stereocenters. The van der Waals surface area contributed by atoms with Crippen molar-refractivity contribution >= 4 is 17.9 Å². The minimum absolute atomic E-state index is 0.575. The van der Waals surface area contributed by atoms with Crippen molar-refractivity contribution in [1.29, 1.82) is 0 Å². The van der Waals surface area contributed by atoms with Crippen LogP contribution in [0.2, 0.25) is 0 Å². The van der Waals surface area contributed by atoms with Gasteiger partial charge in [-0.05, 0) is 12.8 Å². The van der Waals surface area contributed by atoms with Gasteiger partial charge in [0.05, 0.1) is 4.87 Å². The maximum absolute atomic E-state index is 10.3. The number of hydrogen-bond acceptors (Lipinski definition) is 1. The molecule has 0 N–H and O–H groups in total. The molecule has 0 aromatic rings. The summed E-state index contributed by atoms with van der Waals surface area (Å²) in [5, 5.41) is 0. The Morgan fingerprint density at radius 3 is 2.22 bits per heavy atom. The maximum atomic E-state index is 10.3. The van der Waals surface area contributed by atoms with Crippen molar-refractivity contribution in [3.05, 3.63) is 0 Å². The third-order valence-electron chi connectivity index (χ3n) is 1.46. The van der Waals surface area contributed by atoms with Crippen LogP contribution in [0.15, 0.2) is 0 Å². The molecule has 0 aromatic heterocycles. The summed E-state index contributed by atoms with van der Waals surface area (Å²) >= 11 is 5.84. The van der Waals surface area contributed by atoms with E-state index in [9.17, 15) is 4.79 Å². The van der Waals surface area contributed by atoms with Crippen LogP contribution in [0.1, 0.15) is 33.1 Å². The summed E-state index contributed by atoms with van der Waals surface area (Å²) in [6, 6.07) is 0. The van der Waals surface area contributed by atoms with Gasteiger partial charge in [-0.1, -0.05) is 20.3 Å². The highest BCUT2D eigenvalue weighted by atomic mass is 35.5. The molecule has 2 heteroatoms. The van der Waals surface area contributed by atoms with Gasteiger partial charge in [0.2, 0.25) is 0 Å². The van der Waals surface area contributed by atoms with Gasteiger partial charge in [-0.25, -0.2) is 0 Å². The van der Waals surface area contributed by atoms with Crippen LogP contribution in [0.3, 0.4) is 0 Å². The minimum atomic E-state index is -0.575. The Hall–Kier alpha value is -0.0400. The van der Waals surface area contributed by atoms with Gasteiger partial charge < -0.3 is 4.79 Å². The van der Waals surface area contributed by atoms with Gasteiger partial charge in [-0.15, -0.1) is 11.6 Å². The Balaban J connectivity index is 3.76. The van der Waals surface area contributed by atoms with E-state index in [1.807, 2.05) is 13.8 Å². The molecule has 0 aromatic carbocycles. The Bertz CT molecular complexity index is 92.9. The standard InChI is InChI=1S/C7H13ClO/c1-3-5-7(8,4-2)6-9/h6H,3-5H2,1-2H3. The van der Waals surface area contributed by atoms with E-state index < -0.39 is 4.87 Å². The number of rotatable bonds is 4. The lowest BCUT2D eigenvalue weighted by atomic mass is 10.0. The fourth-order valence-corrected chi connectivity index (χ4v) is 0.924. The van der Waals surface area contributed by atoms with Crippen LogP contribution in [0.5, 0.6) is 0 Å². The molecule has 0 amide bonds. The molecule has 1 nitrogen and oxygen atoms in total. The third kappa shape index (κ3) is 2.85. The number of aldehydes is 1. The summed E-state index contributed by atoms with van der Waals surface area (Å²) in [4.78, 5) is 9.74. The summed E-state index contributed by atoms with van der Waals surface area (Å²) in [7, 11) is 0. The molecule has 0 aliphatic rings. The van der Waals surface area contributed by atoms with Gasteiger partial charge in [0, 0.05) is 0 Å². The van der Waals surface area contributed by atoms with Crippen molar-refractivity contribution in [3.63, 3.8) is 0 Å². The molecule has 0 aliphatic heterocycles. The Labute approximate surface area is 61.4 Å². The number of halogens is 1. The molecule has 9 heavy (non-hydrogen) atoms. The molecule has 0 radical (unpaired) electrons. The van der Waals surface area contributed by atoms with E-state index in [0.717, 1.165) is 25.5 Å². The van der Waals surface area contributed by atoms with Crippen molar-refractivity contribution in [2.24, 2.45) is 0 Å². The Morgan fingerprint density at radius 1 is 1.56 bits per heavy atom. The van der Waals surface area contributed by atoms with Crippen LogP contribution in [0.25, 0.3) is 0 Å².